The van der Waals surface area contributed by atoms with Gasteiger partial charge in [0.25, 0.3) is 0 Å². The number of anilines is 4. The minimum absolute atomic E-state index is 0. The second kappa shape index (κ2) is 19.6. The average molecular weight is 926 g/mol. The zero-order chi connectivity index (χ0) is 43.5. The smallest absolute Gasteiger partial charge is 0.423 e. The first kappa shape index (κ1) is 45.0. The number of carbonyl (C=O) groups excluding carboxylic acids is 2. The fraction of sp³-hybridized carbons (Fsp3) is 0.463. The fourth-order valence-electron chi connectivity index (χ4n) is 8.87. The molecule has 4 N–H and O–H groups in total. The van der Waals surface area contributed by atoms with Crippen LogP contribution in [0, 0.1) is 0 Å². The predicted octanol–water partition coefficient (Wildman–Crippen LogP) is 4.21. The highest BCUT2D eigenvalue weighted by atomic mass is 79.9. The largest absolute Gasteiger partial charge is 0.491 e. The molecule has 2 amide bonds. The predicted molar refractivity (Wildman–Crippen MR) is 243 cm³/mol. The molecule has 0 radical (unpaired) electrons. The monoisotopic (exact) mass is 924 g/mol. The molecule has 6 aromatic rings. The molecule has 2 saturated carbocycles. The lowest BCUT2D eigenvalue weighted by molar-refractivity contribution is -0.120. The molecule has 10 rings (SSSR count). The van der Waals surface area contributed by atoms with Crippen molar-refractivity contribution in [1.29, 1.82) is 0 Å². The van der Waals surface area contributed by atoms with E-state index in [-0.39, 0.29) is 31.3 Å². The maximum atomic E-state index is 13.0. The van der Waals surface area contributed by atoms with Gasteiger partial charge in [0.2, 0.25) is 23.7 Å². The Hall–Kier alpha value is -6.00. The number of nitrogens with one attached hydrogen (secondary N) is 2. The van der Waals surface area contributed by atoms with Crippen molar-refractivity contribution in [2.45, 2.75) is 110 Å². The molecule has 0 spiro atoms. The minimum atomic E-state index is -1.41. The second-order valence-electron chi connectivity index (χ2n) is 15.7. The van der Waals surface area contributed by atoms with Gasteiger partial charge in [0.15, 0.2) is 16.4 Å². The van der Waals surface area contributed by atoms with Crippen LogP contribution in [0.25, 0.3) is 23.3 Å². The van der Waals surface area contributed by atoms with E-state index < -0.39 is 7.12 Å². The Bertz CT molecular complexity index is 2450. The fourth-order valence-corrected chi connectivity index (χ4v) is 9.26. The van der Waals surface area contributed by atoms with Crippen molar-refractivity contribution in [3.8, 4) is 23.3 Å². The van der Waals surface area contributed by atoms with E-state index in [1.54, 1.807) is 51.5 Å². The summed E-state index contributed by atoms with van der Waals surface area (Å²) in [5, 5.41) is 29.6. The number of H-pyrrole nitrogens is 2. The van der Waals surface area contributed by atoms with Crippen LogP contribution in [0.2, 0.25) is 0 Å². The van der Waals surface area contributed by atoms with Crippen LogP contribution in [-0.2, 0) is 9.59 Å². The van der Waals surface area contributed by atoms with Crippen molar-refractivity contribution in [2.24, 2.45) is 0 Å². The number of amides is 2. The maximum Gasteiger partial charge on any atom is 0.491 e. The first-order valence-corrected chi connectivity index (χ1v) is 21.8. The highest BCUT2D eigenvalue weighted by molar-refractivity contribution is 9.10. The van der Waals surface area contributed by atoms with Crippen LogP contribution >= 0.6 is 15.9 Å². The van der Waals surface area contributed by atoms with Gasteiger partial charge in [-0.2, -0.15) is 20.2 Å². The number of likely N-dealkylation sites (N-methyl/N-ethyl adjacent to an activating group) is 2. The van der Waals surface area contributed by atoms with Gasteiger partial charge in [0.1, 0.15) is 29.3 Å². The Labute approximate surface area is 374 Å². The van der Waals surface area contributed by atoms with E-state index in [2.05, 4.69) is 79.9 Å². The molecular weight excluding hydrogens is 871 g/mol. The summed E-state index contributed by atoms with van der Waals surface area (Å²) >= 11 is 3.42. The van der Waals surface area contributed by atoms with Crippen molar-refractivity contribution in [2.75, 3.05) is 33.7 Å². The SMILES string of the molecule is C.CC[C@@H]1C(=O)N(C)c2cnc(-n3ccnc3-c3cn[nH]c3)nc2N1C1CCCC1.CC[C@@H]1C(=O)N(C)c2cnc(-n3ccnc3Br)nc2N1C1CCCC1.OB(O)c1cn[nH]c1. The van der Waals surface area contributed by atoms with Crippen molar-refractivity contribution in [3.05, 3.63) is 66.7 Å². The number of nitrogens with zero attached hydrogens (tertiary/aromatic N) is 14. The Morgan fingerprint density at radius 3 is 1.62 bits per heavy atom. The van der Waals surface area contributed by atoms with Gasteiger partial charge in [-0.05, 0) is 54.5 Å². The molecule has 6 aromatic heterocycles. The molecule has 2 aliphatic carbocycles. The number of aromatic nitrogens is 12. The standard InChI is InChI=1S/C20H24N8O.C17H21BrN6O.C3H5BN2O2.CH4/c1-3-15-19(29)26(2)16-12-22-20(25-18(16)28(15)14-6-4-5-7-14)27-9-8-21-17(27)13-10-23-24-11-13;1-3-12-15(25)22(2)13-10-20-17(23-9-8-19-16(23)18)21-14(13)24(12)11-6-4-5-7-11;7-4(8)3-1-5-6-2-3;/h8-12,14-15H,3-7H2,1-2H3,(H,23,24);8-12H,3-7H2,1-2H3;1-2,7-8H,(H,5,6);1H4/t15-;12-;;/m11../s1. The molecule has 0 unspecified atom stereocenters. The van der Waals surface area contributed by atoms with Crippen molar-refractivity contribution >= 4 is 63.3 Å². The quantitative estimate of drug-likeness (QED) is 0.157. The first-order chi connectivity index (χ1) is 30.1. The molecule has 2 fully saturated rings. The van der Waals surface area contributed by atoms with Crippen LogP contribution < -0.4 is 25.1 Å². The van der Waals surface area contributed by atoms with Gasteiger partial charge < -0.3 is 29.6 Å². The number of halogens is 1. The lowest BCUT2D eigenvalue weighted by atomic mass is 9.83. The third-order valence-electron chi connectivity index (χ3n) is 12.0. The summed E-state index contributed by atoms with van der Waals surface area (Å²) < 4.78 is 4.31. The van der Waals surface area contributed by atoms with Gasteiger partial charge in [0.05, 0.1) is 24.2 Å². The van der Waals surface area contributed by atoms with Crippen LogP contribution in [0.1, 0.15) is 85.5 Å². The van der Waals surface area contributed by atoms with Crippen LogP contribution in [0.5, 0.6) is 0 Å². The van der Waals surface area contributed by atoms with E-state index in [1.807, 2.05) is 31.1 Å². The third kappa shape index (κ3) is 8.83. The van der Waals surface area contributed by atoms with Crippen molar-refractivity contribution in [3.63, 3.8) is 0 Å². The Morgan fingerprint density at radius 2 is 1.19 bits per heavy atom. The highest BCUT2D eigenvalue weighted by Crippen LogP contribution is 2.41. The molecule has 8 heterocycles. The molecule has 2 aliphatic heterocycles. The second-order valence-corrected chi connectivity index (χ2v) is 16.4. The summed E-state index contributed by atoms with van der Waals surface area (Å²) in [6.45, 7) is 4.14. The Kier molecular flexibility index (Phi) is 14.0. The molecule has 22 heteroatoms. The van der Waals surface area contributed by atoms with Crippen molar-refractivity contribution < 1.29 is 19.6 Å². The minimum Gasteiger partial charge on any atom is -0.423 e. The van der Waals surface area contributed by atoms with Gasteiger partial charge in [-0.1, -0.05) is 47.0 Å². The van der Waals surface area contributed by atoms with Gasteiger partial charge in [-0.15, -0.1) is 0 Å². The lowest BCUT2D eigenvalue weighted by Gasteiger charge is -2.43. The molecule has 2 atom stereocenters. The first-order valence-electron chi connectivity index (χ1n) is 21.0. The van der Waals surface area contributed by atoms with Crippen LogP contribution in [0.4, 0.5) is 23.0 Å². The topological polar surface area (TPSA) is 232 Å². The molecule has 0 aromatic carbocycles. The van der Waals surface area contributed by atoms with E-state index >= 15 is 0 Å². The van der Waals surface area contributed by atoms with E-state index in [4.69, 9.17) is 20.0 Å². The van der Waals surface area contributed by atoms with Crippen molar-refractivity contribution in [1.82, 2.24) is 59.4 Å². The van der Waals surface area contributed by atoms with Gasteiger partial charge in [0, 0.05) is 75.0 Å². The molecule has 63 heavy (non-hydrogen) atoms. The molecule has 0 saturated heterocycles. The van der Waals surface area contributed by atoms with Gasteiger partial charge >= 0.3 is 7.12 Å². The van der Waals surface area contributed by atoms with E-state index in [0.29, 0.717) is 34.2 Å². The Balaban J connectivity index is 0.000000160. The van der Waals surface area contributed by atoms with E-state index in [9.17, 15) is 9.59 Å². The zero-order valence-electron chi connectivity index (χ0n) is 35.1. The van der Waals surface area contributed by atoms with E-state index in [1.165, 1.54) is 38.1 Å². The van der Waals surface area contributed by atoms with E-state index in [0.717, 1.165) is 72.9 Å². The summed E-state index contributed by atoms with van der Waals surface area (Å²) in [5.74, 6) is 3.75. The average Bonchev–Trinajstić information content (AvgIpc) is 4.13. The molecule has 4 aliphatic rings. The number of aromatic amines is 2. The molecule has 0 bridgehead atoms. The summed E-state index contributed by atoms with van der Waals surface area (Å²) in [6.07, 6.45) is 27.6. The Morgan fingerprint density at radius 1 is 0.698 bits per heavy atom. The number of hydrogen-bond acceptors (Lipinski definition) is 14. The number of imidazole rings is 2. The summed E-state index contributed by atoms with van der Waals surface area (Å²) in [4.78, 5) is 61.2. The molecule has 20 nitrogen and oxygen atoms in total. The van der Waals surface area contributed by atoms with Crippen LogP contribution in [-0.4, -0.2) is 127 Å². The van der Waals surface area contributed by atoms with Crippen LogP contribution in [0.3, 0.4) is 0 Å². The number of fused-ring (bicyclic) bond motifs is 2. The van der Waals surface area contributed by atoms with Gasteiger partial charge in [-0.25, -0.2) is 19.9 Å². The van der Waals surface area contributed by atoms with Crippen LogP contribution in [0.15, 0.2) is 66.7 Å². The summed E-state index contributed by atoms with van der Waals surface area (Å²) in [6, 6.07) is 0.370. The normalized spacial score (nSPS) is 18.7. The molecule has 332 valence electrons. The number of carbonyl (C=O) groups is 2. The maximum absolute atomic E-state index is 13.0. The number of rotatable bonds is 8. The third-order valence-corrected chi connectivity index (χ3v) is 12.6. The molecular formula is C41H54BBrN16O4. The number of hydrogen-bond donors (Lipinski definition) is 4. The highest BCUT2D eigenvalue weighted by Gasteiger charge is 2.43. The summed E-state index contributed by atoms with van der Waals surface area (Å²) in [5.41, 5.74) is 2.79. The van der Waals surface area contributed by atoms with Gasteiger partial charge in [-0.3, -0.25) is 28.9 Å². The summed E-state index contributed by atoms with van der Waals surface area (Å²) in [7, 11) is 2.22. The lowest BCUT2D eigenvalue weighted by Crippen LogP contribution is -2.55. The zero-order valence-corrected chi connectivity index (χ0v) is 36.7.